The summed E-state index contributed by atoms with van der Waals surface area (Å²) in [4.78, 5) is 7.22. The van der Waals surface area contributed by atoms with Gasteiger partial charge in [0.15, 0.2) is 0 Å². The fourth-order valence-electron chi connectivity index (χ4n) is 2.30. The third-order valence-electron chi connectivity index (χ3n) is 3.62. The summed E-state index contributed by atoms with van der Waals surface area (Å²) in [5.74, 6) is 0.896. The molecule has 1 saturated heterocycles. The molecule has 0 amide bonds. The number of rotatable bonds is 7. The first-order valence-corrected chi connectivity index (χ1v) is 8.01. The quantitative estimate of drug-likeness (QED) is 0.778. The van der Waals surface area contributed by atoms with Gasteiger partial charge in [-0.05, 0) is 31.8 Å². The first-order chi connectivity index (χ1) is 9.28. The average molecular weight is 283 g/mol. The molecular weight excluding hydrogens is 258 g/mol. The zero-order valence-corrected chi connectivity index (χ0v) is 12.8. The van der Waals surface area contributed by atoms with Crippen LogP contribution in [0.1, 0.15) is 30.5 Å². The van der Waals surface area contributed by atoms with Gasteiger partial charge in [-0.2, -0.15) is 0 Å². The molecule has 2 heterocycles. The molecule has 1 aromatic rings. The van der Waals surface area contributed by atoms with Gasteiger partial charge in [0.2, 0.25) is 0 Å². The normalized spacial score (nSPS) is 18.0. The van der Waals surface area contributed by atoms with E-state index in [-0.39, 0.29) is 0 Å². The molecule has 1 aliphatic rings. The molecule has 1 aliphatic heterocycles. The maximum Gasteiger partial charge on any atom is 0.107 e. The molecule has 0 bridgehead atoms. The fourth-order valence-corrected chi connectivity index (χ4v) is 3.14. The van der Waals surface area contributed by atoms with E-state index in [0.717, 1.165) is 37.9 Å². The average Bonchev–Trinajstić information content (AvgIpc) is 2.85. The number of aromatic nitrogens is 1. The Kier molecular flexibility index (Phi) is 6.23. The minimum Gasteiger partial charge on any atom is -0.383 e. The lowest BCUT2D eigenvalue weighted by Gasteiger charge is -2.29. The molecular formula is C14H25N3OS. The third kappa shape index (κ3) is 5.18. The number of hydrogen-bond donors (Lipinski definition) is 1. The minimum atomic E-state index is 0.753. The van der Waals surface area contributed by atoms with E-state index in [1.54, 1.807) is 18.4 Å². The van der Waals surface area contributed by atoms with Crippen molar-refractivity contribution in [3.05, 3.63) is 16.1 Å². The van der Waals surface area contributed by atoms with Gasteiger partial charge < -0.3 is 10.1 Å². The first kappa shape index (κ1) is 14.9. The lowest BCUT2D eigenvalue weighted by Crippen LogP contribution is -2.32. The summed E-state index contributed by atoms with van der Waals surface area (Å²) in [5.41, 5.74) is 1.15. The standard InChI is InChI=1S/C14H25N3OS/c1-12-3-6-17(7-4-12)10-14-16-13(11-19-14)9-15-5-8-18-2/h11-12,15H,3-10H2,1-2H3. The highest BCUT2D eigenvalue weighted by Gasteiger charge is 2.16. The van der Waals surface area contributed by atoms with E-state index in [4.69, 9.17) is 9.72 Å². The highest BCUT2D eigenvalue weighted by Crippen LogP contribution is 2.19. The van der Waals surface area contributed by atoms with Gasteiger partial charge in [-0.25, -0.2) is 4.98 Å². The van der Waals surface area contributed by atoms with Gasteiger partial charge in [0, 0.05) is 25.6 Å². The number of ether oxygens (including phenoxy) is 1. The van der Waals surface area contributed by atoms with Crippen molar-refractivity contribution >= 4 is 11.3 Å². The van der Waals surface area contributed by atoms with Crippen molar-refractivity contribution in [2.24, 2.45) is 5.92 Å². The topological polar surface area (TPSA) is 37.4 Å². The molecule has 1 N–H and O–H groups in total. The van der Waals surface area contributed by atoms with Crippen LogP contribution in [0.25, 0.3) is 0 Å². The number of piperidine rings is 1. The number of thiazole rings is 1. The summed E-state index contributed by atoms with van der Waals surface area (Å²) in [7, 11) is 1.72. The Labute approximate surface area is 120 Å². The van der Waals surface area contributed by atoms with E-state index in [1.165, 1.54) is 30.9 Å². The zero-order chi connectivity index (χ0) is 13.5. The number of nitrogens with one attached hydrogen (secondary N) is 1. The molecule has 0 radical (unpaired) electrons. The van der Waals surface area contributed by atoms with Crippen LogP contribution in [0.3, 0.4) is 0 Å². The Balaban J connectivity index is 1.71. The minimum absolute atomic E-state index is 0.753. The highest BCUT2D eigenvalue weighted by atomic mass is 32.1. The molecule has 0 spiro atoms. The first-order valence-electron chi connectivity index (χ1n) is 7.13. The van der Waals surface area contributed by atoms with Gasteiger partial charge in [-0.3, -0.25) is 4.90 Å². The molecule has 1 fully saturated rings. The molecule has 108 valence electrons. The lowest BCUT2D eigenvalue weighted by molar-refractivity contribution is 0.185. The van der Waals surface area contributed by atoms with Gasteiger partial charge in [0.05, 0.1) is 18.8 Å². The monoisotopic (exact) mass is 283 g/mol. The molecule has 1 aromatic heterocycles. The predicted molar refractivity (Wildman–Crippen MR) is 79.4 cm³/mol. The van der Waals surface area contributed by atoms with E-state index in [1.807, 2.05) is 0 Å². The molecule has 2 rings (SSSR count). The number of likely N-dealkylation sites (tertiary alicyclic amines) is 1. The molecule has 0 aliphatic carbocycles. The van der Waals surface area contributed by atoms with E-state index < -0.39 is 0 Å². The summed E-state index contributed by atoms with van der Waals surface area (Å²) >= 11 is 1.78. The third-order valence-corrected chi connectivity index (χ3v) is 4.51. The number of hydrogen-bond acceptors (Lipinski definition) is 5. The molecule has 19 heavy (non-hydrogen) atoms. The number of methoxy groups -OCH3 is 1. The number of nitrogens with zero attached hydrogens (tertiary/aromatic N) is 2. The van der Waals surface area contributed by atoms with Gasteiger partial charge in [-0.1, -0.05) is 6.92 Å². The highest BCUT2D eigenvalue weighted by molar-refractivity contribution is 7.09. The Morgan fingerprint density at radius 2 is 2.26 bits per heavy atom. The van der Waals surface area contributed by atoms with Crippen molar-refractivity contribution in [3.8, 4) is 0 Å². The van der Waals surface area contributed by atoms with Crippen LogP contribution in [0, 0.1) is 5.92 Å². The molecule has 5 heteroatoms. The summed E-state index contributed by atoms with van der Waals surface area (Å²) < 4.78 is 5.01. The van der Waals surface area contributed by atoms with Crippen LogP contribution in [0.2, 0.25) is 0 Å². The van der Waals surface area contributed by atoms with Crippen molar-refractivity contribution in [2.75, 3.05) is 33.4 Å². The van der Waals surface area contributed by atoms with Crippen LogP contribution in [-0.4, -0.2) is 43.2 Å². The Hall–Kier alpha value is -0.490. The largest absolute Gasteiger partial charge is 0.383 e. The smallest absolute Gasteiger partial charge is 0.107 e. The lowest BCUT2D eigenvalue weighted by atomic mass is 9.99. The van der Waals surface area contributed by atoms with Crippen molar-refractivity contribution in [3.63, 3.8) is 0 Å². The van der Waals surface area contributed by atoms with Crippen LogP contribution >= 0.6 is 11.3 Å². The maximum atomic E-state index is 5.01. The van der Waals surface area contributed by atoms with Crippen LogP contribution < -0.4 is 5.32 Å². The SMILES string of the molecule is COCCNCc1csc(CN2CCC(C)CC2)n1. The fraction of sp³-hybridized carbons (Fsp3) is 0.786. The summed E-state index contributed by atoms with van der Waals surface area (Å²) in [6, 6.07) is 0. The van der Waals surface area contributed by atoms with Crippen molar-refractivity contribution in [1.29, 1.82) is 0 Å². The summed E-state index contributed by atoms with van der Waals surface area (Å²) in [5, 5.41) is 6.75. The summed E-state index contributed by atoms with van der Waals surface area (Å²) in [6.07, 6.45) is 2.66. The van der Waals surface area contributed by atoms with Crippen LogP contribution in [0.4, 0.5) is 0 Å². The van der Waals surface area contributed by atoms with Crippen molar-refractivity contribution < 1.29 is 4.74 Å². The molecule has 0 atom stereocenters. The molecule has 0 saturated carbocycles. The van der Waals surface area contributed by atoms with Gasteiger partial charge >= 0.3 is 0 Å². The van der Waals surface area contributed by atoms with Crippen LogP contribution in [-0.2, 0) is 17.8 Å². The van der Waals surface area contributed by atoms with Crippen LogP contribution in [0.5, 0.6) is 0 Å². The van der Waals surface area contributed by atoms with E-state index in [9.17, 15) is 0 Å². The van der Waals surface area contributed by atoms with Gasteiger partial charge in [0.25, 0.3) is 0 Å². The van der Waals surface area contributed by atoms with Gasteiger partial charge in [0.1, 0.15) is 5.01 Å². The zero-order valence-electron chi connectivity index (χ0n) is 12.0. The van der Waals surface area contributed by atoms with Crippen molar-refractivity contribution in [2.45, 2.75) is 32.9 Å². The van der Waals surface area contributed by atoms with E-state index in [2.05, 4.69) is 22.5 Å². The molecule has 4 nitrogen and oxygen atoms in total. The van der Waals surface area contributed by atoms with E-state index in [0.29, 0.717) is 0 Å². The van der Waals surface area contributed by atoms with Crippen LogP contribution in [0.15, 0.2) is 5.38 Å². The van der Waals surface area contributed by atoms with E-state index >= 15 is 0 Å². The summed E-state index contributed by atoms with van der Waals surface area (Å²) in [6.45, 7) is 8.30. The Morgan fingerprint density at radius 3 is 3.00 bits per heavy atom. The molecule has 0 unspecified atom stereocenters. The predicted octanol–water partition coefficient (Wildman–Crippen LogP) is 2.11. The second-order valence-electron chi connectivity index (χ2n) is 5.36. The molecule has 0 aromatic carbocycles. The second-order valence-corrected chi connectivity index (χ2v) is 6.30. The Bertz CT molecular complexity index is 361. The second kappa shape index (κ2) is 7.94. The van der Waals surface area contributed by atoms with Crippen molar-refractivity contribution in [1.82, 2.24) is 15.2 Å². The maximum absolute atomic E-state index is 5.01. The Morgan fingerprint density at radius 1 is 1.47 bits per heavy atom. The van der Waals surface area contributed by atoms with Gasteiger partial charge in [-0.15, -0.1) is 11.3 Å².